The van der Waals surface area contributed by atoms with Crippen molar-refractivity contribution in [2.45, 2.75) is 18.9 Å². The molecule has 118 valence electrons. The Morgan fingerprint density at radius 1 is 1.32 bits per heavy atom. The van der Waals surface area contributed by atoms with Gasteiger partial charge in [-0.05, 0) is 38.6 Å². The molecule has 2 aromatic heterocycles. The SMILES string of the molecule is CN1CCC[C@@H]1COc1cnc(Cl)c(-c2ncccn2)c1.Cl. The number of nitrogens with zero attached hydrogens (tertiary/aromatic N) is 4. The van der Waals surface area contributed by atoms with Crippen LogP contribution in [0.4, 0.5) is 0 Å². The summed E-state index contributed by atoms with van der Waals surface area (Å²) >= 11 is 6.13. The molecule has 2 aromatic rings. The average Bonchev–Trinajstić information content (AvgIpc) is 2.93. The zero-order chi connectivity index (χ0) is 14.7. The molecule has 0 amide bonds. The number of likely N-dealkylation sites (tertiary alicyclic amines) is 1. The number of rotatable bonds is 4. The topological polar surface area (TPSA) is 51.1 Å². The zero-order valence-corrected chi connectivity index (χ0v) is 13.8. The molecule has 0 aliphatic carbocycles. The second-order valence-electron chi connectivity index (χ2n) is 5.17. The Morgan fingerprint density at radius 3 is 2.77 bits per heavy atom. The maximum absolute atomic E-state index is 6.13. The van der Waals surface area contributed by atoms with E-state index in [4.69, 9.17) is 16.3 Å². The molecule has 5 nitrogen and oxygen atoms in total. The Balaban J connectivity index is 0.00000176. The molecule has 1 aliphatic heterocycles. The average molecular weight is 341 g/mol. The highest BCUT2D eigenvalue weighted by Crippen LogP contribution is 2.27. The summed E-state index contributed by atoms with van der Waals surface area (Å²) in [6.07, 6.45) is 7.40. The molecule has 3 heterocycles. The van der Waals surface area contributed by atoms with Crippen LogP contribution in [0.3, 0.4) is 0 Å². The quantitative estimate of drug-likeness (QED) is 0.800. The fourth-order valence-electron chi connectivity index (χ4n) is 2.49. The first-order valence-corrected chi connectivity index (χ1v) is 7.38. The minimum atomic E-state index is 0. The van der Waals surface area contributed by atoms with Gasteiger partial charge < -0.3 is 9.64 Å². The second-order valence-corrected chi connectivity index (χ2v) is 5.53. The van der Waals surface area contributed by atoms with E-state index in [1.807, 2.05) is 6.07 Å². The van der Waals surface area contributed by atoms with Gasteiger partial charge in [0.15, 0.2) is 5.82 Å². The van der Waals surface area contributed by atoms with Gasteiger partial charge in [-0.25, -0.2) is 15.0 Å². The van der Waals surface area contributed by atoms with Crippen LogP contribution in [0.25, 0.3) is 11.4 Å². The van der Waals surface area contributed by atoms with Gasteiger partial charge >= 0.3 is 0 Å². The fraction of sp³-hybridized carbons (Fsp3) is 0.400. The van der Waals surface area contributed by atoms with Gasteiger partial charge in [0.05, 0.1) is 11.8 Å². The molecular weight excluding hydrogens is 323 g/mol. The zero-order valence-electron chi connectivity index (χ0n) is 12.3. The lowest BCUT2D eigenvalue weighted by atomic mass is 10.2. The number of halogens is 2. The van der Waals surface area contributed by atoms with Gasteiger partial charge in [0.2, 0.25) is 0 Å². The van der Waals surface area contributed by atoms with Crippen LogP contribution >= 0.6 is 24.0 Å². The third-order valence-corrected chi connectivity index (χ3v) is 4.04. The summed E-state index contributed by atoms with van der Waals surface area (Å²) in [7, 11) is 2.13. The molecule has 0 N–H and O–H groups in total. The van der Waals surface area contributed by atoms with Crippen LogP contribution < -0.4 is 4.74 Å². The van der Waals surface area contributed by atoms with Crippen molar-refractivity contribution in [3.05, 3.63) is 35.9 Å². The van der Waals surface area contributed by atoms with Gasteiger partial charge in [0.1, 0.15) is 17.5 Å². The van der Waals surface area contributed by atoms with E-state index in [2.05, 4.69) is 26.9 Å². The van der Waals surface area contributed by atoms with Crippen LogP contribution in [0.15, 0.2) is 30.7 Å². The number of aromatic nitrogens is 3. The Bertz CT molecular complexity index is 612. The summed E-state index contributed by atoms with van der Waals surface area (Å²) in [5.74, 6) is 1.25. The van der Waals surface area contributed by atoms with Crippen molar-refractivity contribution in [3.63, 3.8) is 0 Å². The first kappa shape index (κ1) is 16.9. The number of likely N-dealkylation sites (N-methyl/N-ethyl adjacent to an activating group) is 1. The summed E-state index contributed by atoms with van der Waals surface area (Å²) < 4.78 is 5.86. The Morgan fingerprint density at radius 2 is 2.09 bits per heavy atom. The third-order valence-electron chi connectivity index (χ3n) is 3.73. The molecular formula is C15H18Cl2N4O. The van der Waals surface area contributed by atoms with Crippen LogP contribution in [0, 0.1) is 0 Å². The number of hydrogen-bond donors (Lipinski definition) is 0. The molecule has 1 fully saturated rings. The largest absolute Gasteiger partial charge is 0.490 e. The number of ether oxygens (including phenoxy) is 1. The number of pyridine rings is 1. The maximum atomic E-state index is 6.13. The first-order valence-electron chi connectivity index (χ1n) is 7.00. The van der Waals surface area contributed by atoms with Crippen LogP contribution in [-0.2, 0) is 0 Å². The molecule has 7 heteroatoms. The predicted molar refractivity (Wildman–Crippen MR) is 88.7 cm³/mol. The third kappa shape index (κ3) is 3.85. The molecule has 0 aromatic carbocycles. The predicted octanol–water partition coefficient (Wildman–Crippen LogP) is 3.09. The van der Waals surface area contributed by atoms with E-state index in [9.17, 15) is 0 Å². The molecule has 0 unspecified atom stereocenters. The van der Waals surface area contributed by atoms with Crippen molar-refractivity contribution in [3.8, 4) is 17.1 Å². The highest BCUT2D eigenvalue weighted by molar-refractivity contribution is 6.31. The Hall–Kier alpha value is -1.43. The lowest BCUT2D eigenvalue weighted by Gasteiger charge is -2.19. The minimum Gasteiger partial charge on any atom is -0.490 e. The summed E-state index contributed by atoms with van der Waals surface area (Å²) in [6, 6.07) is 4.08. The van der Waals surface area contributed by atoms with Crippen molar-refractivity contribution >= 4 is 24.0 Å². The van der Waals surface area contributed by atoms with E-state index in [-0.39, 0.29) is 12.4 Å². The molecule has 0 bridgehead atoms. The summed E-state index contributed by atoms with van der Waals surface area (Å²) in [5, 5.41) is 0.381. The summed E-state index contributed by atoms with van der Waals surface area (Å²) in [5.41, 5.74) is 0.689. The van der Waals surface area contributed by atoms with Gasteiger partial charge in [-0.1, -0.05) is 11.6 Å². The Kier molecular flexibility index (Phi) is 5.94. The van der Waals surface area contributed by atoms with Crippen LogP contribution in [0.5, 0.6) is 5.75 Å². The fourth-order valence-corrected chi connectivity index (χ4v) is 2.67. The smallest absolute Gasteiger partial charge is 0.162 e. The lowest BCUT2D eigenvalue weighted by molar-refractivity contribution is 0.198. The second kappa shape index (κ2) is 7.72. The van der Waals surface area contributed by atoms with Gasteiger partial charge in [0, 0.05) is 18.4 Å². The maximum Gasteiger partial charge on any atom is 0.162 e. The van der Waals surface area contributed by atoms with E-state index in [0.29, 0.717) is 34.9 Å². The molecule has 0 spiro atoms. The molecule has 0 saturated carbocycles. The molecule has 1 saturated heterocycles. The van der Waals surface area contributed by atoms with E-state index in [1.165, 1.54) is 12.8 Å². The molecule has 1 aliphatic rings. The van der Waals surface area contributed by atoms with E-state index in [0.717, 1.165) is 6.54 Å². The Labute approximate surface area is 141 Å². The van der Waals surface area contributed by atoms with Crippen molar-refractivity contribution in [1.82, 2.24) is 19.9 Å². The van der Waals surface area contributed by atoms with Crippen LogP contribution in [0.1, 0.15) is 12.8 Å². The van der Waals surface area contributed by atoms with Gasteiger partial charge in [0.25, 0.3) is 0 Å². The molecule has 1 atom stereocenters. The standard InChI is InChI=1S/C15H17ClN4O.ClH/c1-20-7-2-4-11(20)10-21-12-8-13(14(16)19-9-12)15-17-5-3-6-18-15;/h3,5-6,8-9,11H,2,4,7,10H2,1H3;1H/t11-;/m1./s1. The molecule has 22 heavy (non-hydrogen) atoms. The highest BCUT2D eigenvalue weighted by Gasteiger charge is 2.21. The van der Waals surface area contributed by atoms with Crippen molar-refractivity contribution < 1.29 is 4.74 Å². The monoisotopic (exact) mass is 340 g/mol. The number of hydrogen-bond acceptors (Lipinski definition) is 5. The summed E-state index contributed by atoms with van der Waals surface area (Å²) in [4.78, 5) is 14.9. The highest BCUT2D eigenvalue weighted by atomic mass is 35.5. The van der Waals surface area contributed by atoms with E-state index in [1.54, 1.807) is 24.7 Å². The van der Waals surface area contributed by atoms with Gasteiger partial charge in [-0.3, -0.25) is 0 Å². The first-order chi connectivity index (χ1) is 10.2. The van der Waals surface area contributed by atoms with Crippen molar-refractivity contribution in [1.29, 1.82) is 0 Å². The van der Waals surface area contributed by atoms with Crippen molar-refractivity contribution in [2.75, 3.05) is 20.2 Å². The minimum absolute atomic E-state index is 0. The van der Waals surface area contributed by atoms with Crippen LogP contribution in [0.2, 0.25) is 5.15 Å². The van der Waals surface area contributed by atoms with Gasteiger partial charge in [-0.15, -0.1) is 12.4 Å². The molecule has 3 rings (SSSR count). The molecule has 0 radical (unpaired) electrons. The summed E-state index contributed by atoms with van der Waals surface area (Å²) in [6.45, 7) is 1.80. The normalized spacial score (nSPS) is 18.0. The van der Waals surface area contributed by atoms with Crippen molar-refractivity contribution in [2.24, 2.45) is 0 Å². The van der Waals surface area contributed by atoms with Crippen LogP contribution in [-0.4, -0.2) is 46.1 Å². The van der Waals surface area contributed by atoms with Gasteiger partial charge in [-0.2, -0.15) is 0 Å². The van der Waals surface area contributed by atoms with E-state index < -0.39 is 0 Å². The van der Waals surface area contributed by atoms with E-state index >= 15 is 0 Å². The lowest BCUT2D eigenvalue weighted by Crippen LogP contribution is -2.30.